The normalized spacial score (nSPS) is 17.9. The van der Waals surface area contributed by atoms with Gasteiger partial charge in [-0.1, -0.05) is 25.3 Å². The number of hydrogen-bond acceptors (Lipinski definition) is 4. The van der Waals surface area contributed by atoms with Crippen molar-refractivity contribution >= 4 is 29.1 Å². The van der Waals surface area contributed by atoms with Crippen LogP contribution in [0.4, 0.5) is 11.5 Å². The standard InChI is InChI=1S/C23H23N5O/c29-23-19(12-17-7-4-10-25-17)18-11-15(8-9-20(18)28-23)21-13-24-14-22(27-21)26-16-5-2-1-3-6-16/h4,7-14,16,25H,1-3,5-6H2,(H,26,27)(H,28,29)/b19-12-. The quantitative estimate of drug-likeness (QED) is 0.568. The number of H-pyrrole nitrogens is 1. The Kier molecular flexibility index (Phi) is 4.60. The number of anilines is 2. The van der Waals surface area contributed by atoms with E-state index in [1.165, 1.54) is 32.1 Å². The summed E-state index contributed by atoms with van der Waals surface area (Å²) in [4.78, 5) is 24.7. The first kappa shape index (κ1) is 17.7. The van der Waals surface area contributed by atoms with E-state index < -0.39 is 0 Å². The highest BCUT2D eigenvalue weighted by molar-refractivity contribution is 6.35. The van der Waals surface area contributed by atoms with Gasteiger partial charge in [-0.15, -0.1) is 0 Å². The molecule has 1 saturated carbocycles. The molecule has 29 heavy (non-hydrogen) atoms. The van der Waals surface area contributed by atoms with E-state index >= 15 is 0 Å². The number of rotatable bonds is 4. The average Bonchev–Trinajstić information content (AvgIpc) is 3.37. The minimum Gasteiger partial charge on any atom is -0.366 e. The van der Waals surface area contributed by atoms with Gasteiger partial charge in [-0.3, -0.25) is 9.78 Å². The summed E-state index contributed by atoms with van der Waals surface area (Å²) in [7, 11) is 0. The highest BCUT2D eigenvalue weighted by Crippen LogP contribution is 2.36. The fourth-order valence-electron chi connectivity index (χ4n) is 4.11. The van der Waals surface area contributed by atoms with Crippen LogP contribution < -0.4 is 10.6 Å². The number of fused-ring (bicyclic) bond motifs is 1. The molecule has 6 nitrogen and oxygen atoms in total. The molecule has 0 unspecified atom stereocenters. The summed E-state index contributed by atoms with van der Waals surface area (Å²) in [5.41, 5.74) is 4.99. The molecule has 1 aliphatic carbocycles. The fraction of sp³-hybridized carbons (Fsp3) is 0.261. The predicted octanol–water partition coefficient (Wildman–Crippen LogP) is 4.71. The first-order valence-electron chi connectivity index (χ1n) is 10.2. The van der Waals surface area contributed by atoms with Crippen molar-refractivity contribution in [1.29, 1.82) is 0 Å². The molecule has 1 aliphatic heterocycles. The Bertz CT molecular complexity index is 1060. The van der Waals surface area contributed by atoms with Crippen LogP contribution >= 0.6 is 0 Å². The summed E-state index contributed by atoms with van der Waals surface area (Å²) < 4.78 is 0. The Morgan fingerprint density at radius 2 is 2.00 bits per heavy atom. The molecule has 3 aromatic rings. The van der Waals surface area contributed by atoms with Crippen molar-refractivity contribution in [2.45, 2.75) is 38.1 Å². The summed E-state index contributed by atoms with van der Waals surface area (Å²) in [5.74, 6) is 0.719. The number of aromatic nitrogens is 3. The number of aromatic amines is 1. The molecule has 3 heterocycles. The first-order chi connectivity index (χ1) is 14.3. The lowest BCUT2D eigenvalue weighted by molar-refractivity contribution is -0.110. The molecule has 0 bridgehead atoms. The lowest BCUT2D eigenvalue weighted by Crippen LogP contribution is -2.22. The molecular formula is C23H23N5O. The molecule has 1 aromatic carbocycles. The van der Waals surface area contributed by atoms with E-state index in [4.69, 9.17) is 4.98 Å². The fourth-order valence-corrected chi connectivity index (χ4v) is 4.11. The molecule has 3 N–H and O–H groups in total. The van der Waals surface area contributed by atoms with Crippen molar-refractivity contribution in [2.75, 3.05) is 10.6 Å². The van der Waals surface area contributed by atoms with Crippen molar-refractivity contribution in [3.8, 4) is 11.3 Å². The topological polar surface area (TPSA) is 82.7 Å². The first-order valence-corrected chi connectivity index (χ1v) is 10.2. The van der Waals surface area contributed by atoms with Gasteiger partial charge in [0, 0.05) is 34.7 Å². The maximum Gasteiger partial charge on any atom is 0.256 e. The lowest BCUT2D eigenvalue weighted by Gasteiger charge is -2.23. The summed E-state index contributed by atoms with van der Waals surface area (Å²) in [6.45, 7) is 0. The molecule has 1 amide bonds. The van der Waals surface area contributed by atoms with E-state index in [1.54, 1.807) is 12.4 Å². The molecule has 0 atom stereocenters. The van der Waals surface area contributed by atoms with Crippen molar-refractivity contribution in [3.63, 3.8) is 0 Å². The largest absolute Gasteiger partial charge is 0.366 e. The maximum atomic E-state index is 12.4. The minimum absolute atomic E-state index is 0.0921. The van der Waals surface area contributed by atoms with Crippen molar-refractivity contribution < 1.29 is 4.79 Å². The third-order valence-electron chi connectivity index (χ3n) is 5.61. The lowest BCUT2D eigenvalue weighted by atomic mass is 9.95. The second kappa shape index (κ2) is 7.54. The van der Waals surface area contributed by atoms with E-state index in [1.807, 2.05) is 42.6 Å². The van der Waals surface area contributed by atoms with E-state index in [0.29, 0.717) is 11.6 Å². The van der Waals surface area contributed by atoms with Crippen LogP contribution in [0.25, 0.3) is 22.9 Å². The Hall–Kier alpha value is -3.41. The molecule has 5 rings (SSSR count). The number of nitrogens with one attached hydrogen (secondary N) is 3. The summed E-state index contributed by atoms with van der Waals surface area (Å²) in [5, 5.41) is 6.47. The monoisotopic (exact) mass is 385 g/mol. The zero-order valence-electron chi connectivity index (χ0n) is 16.1. The van der Waals surface area contributed by atoms with Gasteiger partial charge in [-0.05, 0) is 43.2 Å². The minimum atomic E-state index is -0.0921. The summed E-state index contributed by atoms with van der Waals surface area (Å²) >= 11 is 0. The number of hydrogen-bond donors (Lipinski definition) is 3. The molecule has 0 radical (unpaired) electrons. The van der Waals surface area contributed by atoms with E-state index in [-0.39, 0.29) is 5.91 Å². The van der Waals surface area contributed by atoms with Crippen LogP contribution in [-0.4, -0.2) is 26.9 Å². The van der Waals surface area contributed by atoms with Crippen LogP contribution in [0.2, 0.25) is 0 Å². The van der Waals surface area contributed by atoms with Crippen LogP contribution in [0.5, 0.6) is 0 Å². The SMILES string of the molecule is O=C1Nc2ccc(-c3cncc(NC4CCCCC4)n3)cc2/C1=C/c1ccc[nH]1. The Morgan fingerprint density at radius 1 is 1.10 bits per heavy atom. The van der Waals surface area contributed by atoms with Gasteiger partial charge in [0.1, 0.15) is 5.82 Å². The van der Waals surface area contributed by atoms with Crippen molar-refractivity contribution in [1.82, 2.24) is 15.0 Å². The van der Waals surface area contributed by atoms with Crippen LogP contribution in [0.1, 0.15) is 43.4 Å². The molecule has 6 heteroatoms. The van der Waals surface area contributed by atoms with Gasteiger partial charge in [-0.25, -0.2) is 4.98 Å². The molecule has 2 aliphatic rings. The van der Waals surface area contributed by atoms with Gasteiger partial charge in [0.05, 0.1) is 23.7 Å². The maximum absolute atomic E-state index is 12.4. The zero-order chi connectivity index (χ0) is 19.6. The van der Waals surface area contributed by atoms with Crippen LogP contribution in [0.3, 0.4) is 0 Å². The van der Waals surface area contributed by atoms with Crippen molar-refractivity contribution in [2.24, 2.45) is 0 Å². The zero-order valence-corrected chi connectivity index (χ0v) is 16.1. The highest BCUT2D eigenvalue weighted by atomic mass is 16.2. The molecule has 0 saturated heterocycles. The van der Waals surface area contributed by atoms with Gasteiger partial charge in [0.2, 0.25) is 0 Å². The van der Waals surface area contributed by atoms with Crippen LogP contribution in [-0.2, 0) is 4.79 Å². The van der Waals surface area contributed by atoms with Crippen molar-refractivity contribution in [3.05, 3.63) is 60.2 Å². The molecule has 0 spiro atoms. The Labute approximate surface area is 169 Å². The van der Waals surface area contributed by atoms with Crippen LogP contribution in [0, 0.1) is 0 Å². The summed E-state index contributed by atoms with van der Waals surface area (Å²) in [6.07, 6.45) is 13.5. The number of nitrogens with zero attached hydrogens (tertiary/aromatic N) is 2. The smallest absolute Gasteiger partial charge is 0.256 e. The third kappa shape index (κ3) is 3.66. The van der Waals surface area contributed by atoms with Gasteiger partial charge in [0.25, 0.3) is 5.91 Å². The number of benzene rings is 1. The molecular weight excluding hydrogens is 362 g/mol. The van der Waals surface area contributed by atoms with Gasteiger partial charge >= 0.3 is 0 Å². The highest BCUT2D eigenvalue weighted by Gasteiger charge is 2.25. The van der Waals surface area contributed by atoms with Gasteiger partial charge < -0.3 is 15.6 Å². The Morgan fingerprint density at radius 3 is 2.83 bits per heavy atom. The summed E-state index contributed by atoms with van der Waals surface area (Å²) in [6, 6.07) is 10.2. The average molecular weight is 385 g/mol. The third-order valence-corrected chi connectivity index (χ3v) is 5.61. The number of amides is 1. The second-order valence-electron chi connectivity index (χ2n) is 7.67. The number of carbonyl (C=O) groups excluding carboxylic acids is 1. The van der Waals surface area contributed by atoms with E-state index in [2.05, 4.69) is 20.6 Å². The molecule has 2 aromatic heterocycles. The predicted molar refractivity (Wildman–Crippen MR) is 115 cm³/mol. The molecule has 146 valence electrons. The Balaban J connectivity index is 1.45. The van der Waals surface area contributed by atoms with E-state index in [0.717, 1.165) is 34.0 Å². The number of carbonyl (C=O) groups is 1. The van der Waals surface area contributed by atoms with Gasteiger partial charge in [0.15, 0.2) is 0 Å². The van der Waals surface area contributed by atoms with Gasteiger partial charge in [-0.2, -0.15) is 0 Å². The van der Waals surface area contributed by atoms with Crippen LogP contribution in [0.15, 0.2) is 48.9 Å². The molecule has 1 fully saturated rings. The van der Waals surface area contributed by atoms with E-state index in [9.17, 15) is 4.79 Å². The second-order valence-corrected chi connectivity index (χ2v) is 7.67.